The molecule has 2 aliphatic rings. The van der Waals surface area contributed by atoms with Crippen LogP contribution in [0.15, 0.2) is 34.7 Å². The molecule has 0 bridgehead atoms. The highest BCUT2D eigenvalue weighted by Crippen LogP contribution is 2.25. The number of carbonyl (C=O) groups is 2. The summed E-state index contributed by atoms with van der Waals surface area (Å²) >= 11 is 0. The number of benzene rings is 1. The summed E-state index contributed by atoms with van der Waals surface area (Å²) in [6.45, 7) is 1.57. The SMILES string of the molecule is COC(=O)N1CCCCC1C(=O)N1CCc2oc(Cc3ccccc3)nc2C1. The fraction of sp³-hybridized carbons (Fsp3) is 0.476. The van der Waals surface area contributed by atoms with Crippen LogP contribution >= 0.6 is 0 Å². The first-order chi connectivity index (χ1) is 13.7. The van der Waals surface area contributed by atoms with Crippen molar-refractivity contribution in [2.45, 2.75) is 44.7 Å². The van der Waals surface area contributed by atoms with Crippen molar-refractivity contribution in [2.24, 2.45) is 0 Å². The maximum absolute atomic E-state index is 13.1. The molecule has 1 aromatic carbocycles. The van der Waals surface area contributed by atoms with Gasteiger partial charge in [0.1, 0.15) is 17.5 Å². The van der Waals surface area contributed by atoms with Gasteiger partial charge in [-0.05, 0) is 24.8 Å². The molecular formula is C21H25N3O4. The average molecular weight is 383 g/mol. The van der Waals surface area contributed by atoms with Gasteiger partial charge in [0.15, 0.2) is 5.89 Å². The molecule has 1 saturated heterocycles. The zero-order chi connectivity index (χ0) is 19.5. The molecule has 0 saturated carbocycles. The van der Waals surface area contributed by atoms with Crippen molar-refractivity contribution >= 4 is 12.0 Å². The van der Waals surface area contributed by atoms with E-state index in [1.54, 1.807) is 9.80 Å². The molecule has 7 nitrogen and oxygen atoms in total. The van der Waals surface area contributed by atoms with Gasteiger partial charge in [-0.3, -0.25) is 9.69 Å². The van der Waals surface area contributed by atoms with E-state index in [-0.39, 0.29) is 5.91 Å². The Balaban J connectivity index is 1.46. The number of methoxy groups -OCH3 is 1. The molecule has 4 rings (SSSR count). The third-order valence-corrected chi connectivity index (χ3v) is 5.48. The van der Waals surface area contributed by atoms with Crippen LogP contribution in [0.25, 0.3) is 0 Å². The van der Waals surface area contributed by atoms with Gasteiger partial charge < -0.3 is 14.1 Å². The molecule has 7 heteroatoms. The number of piperidine rings is 1. The number of oxazole rings is 1. The highest BCUT2D eigenvalue weighted by molar-refractivity contribution is 5.86. The standard InChI is InChI=1S/C21H25N3O4/c1-27-21(26)24-11-6-5-9-17(24)20(25)23-12-10-18-16(14-23)22-19(28-18)13-15-7-3-2-4-8-15/h2-4,7-8,17H,5-6,9-14H2,1H3. The second-order valence-electron chi connectivity index (χ2n) is 7.32. The first-order valence-corrected chi connectivity index (χ1v) is 9.80. The topological polar surface area (TPSA) is 75.9 Å². The number of rotatable bonds is 3. The lowest BCUT2D eigenvalue weighted by molar-refractivity contribution is -0.138. The highest BCUT2D eigenvalue weighted by Gasteiger charge is 2.37. The smallest absolute Gasteiger partial charge is 0.410 e. The summed E-state index contributed by atoms with van der Waals surface area (Å²) in [7, 11) is 1.36. The van der Waals surface area contributed by atoms with E-state index in [4.69, 9.17) is 9.15 Å². The van der Waals surface area contributed by atoms with Gasteiger partial charge in [-0.2, -0.15) is 0 Å². The van der Waals surface area contributed by atoms with Crippen LogP contribution in [-0.2, 0) is 28.9 Å². The molecular weight excluding hydrogens is 358 g/mol. The Morgan fingerprint density at radius 2 is 2.04 bits per heavy atom. The van der Waals surface area contributed by atoms with E-state index in [1.165, 1.54) is 7.11 Å². The average Bonchev–Trinajstić information content (AvgIpc) is 3.14. The minimum atomic E-state index is -0.446. The fourth-order valence-corrected chi connectivity index (χ4v) is 4.02. The Morgan fingerprint density at radius 1 is 1.21 bits per heavy atom. The number of likely N-dealkylation sites (tertiary alicyclic amines) is 1. The van der Waals surface area contributed by atoms with Gasteiger partial charge in [-0.1, -0.05) is 30.3 Å². The van der Waals surface area contributed by atoms with Gasteiger partial charge in [-0.15, -0.1) is 0 Å². The predicted octanol–water partition coefficient (Wildman–Crippen LogP) is 2.77. The van der Waals surface area contributed by atoms with E-state index in [9.17, 15) is 9.59 Å². The Labute approximate surface area is 164 Å². The number of nitrogens with zero attached hydrogens (tertiary/aromatic N) is 3. The number of amides is 2. The molecule has 2 aliphatic heterocycles. The van der Waals surface area contributed by atoms with Crippen molar-refractivity contribution < 1.29 is 18.7 Å². The molecule has 0 spiro atoms. The number of fused-ring (bicyclic) bond motifs is 1. The summed E-state index contributed by atoms with van der Waals surface area (Å²) < 4.78 is 10.8. The highest BCUT2D eigenvalue weighted by atomic mass is 16.5. The minimum Gasteiger partial charge on any atom is -0.453 e. The third kappa shape index (κ3) is 3.74. The van der Waals surface area contributed by atoms with Gasteiger partial charge in [0.25, 0.3) is 0 Å². The van der Waals surface area contributed by atoms with Gasteiger partial charge in [-0.25, -0.2) is 9.78 Å². The van der Waals surface area contributed by atoms with Gasteiger partial charge in [0.2, 0.25) is 5.91 Å². The van der Waals surface area contributed by atoms with Crippen molar-refractivity contribution in [1.82, 2.24) is 14.8 Å². The molecule has 1 unspecified atom stereocenters. The van der Waals surface area contributed by atoms with E-state index >= 15 is 0 Å². The van der Waals surface area contributed by atoms with Crippen molar-refractivity contribution in [3.8, 4) is 0 Å². The van der Waals surface area contributed by atoms with E-state index in [0.29, 0.717) is 44.8 Å². The van der Waals surface area contributed by atoms with Crippen LogP contribution in [0, 0.1) is 0 Å². The second kappa shape index (κ2) is 8.04. The molecule has 0 N–H and O–H groups in total. The van der Waals surface area contributed by atoms with E-state index in [0.717, 1.165) is 29.9 Å². The molecule has 0 aliphatic carbocycles. The quantitative estimate of drug-likeness (QED) is 0.815. The van der Waals surface area contributed by atoms with E-state index < -0.39 is 12.1 Å². The van der Waals surface area contributed by atoms with Crippen LogP contribution in [0.3, 0.4) is 0 Å². The van der Waals surface area contributed by atoms with Crippen LogP contribution in [0.1, 0.15) is 42.2 Å². The molecule has 1 fully saturated rings. The largest absolute Gasteiger partial charge is 0.453 e. The lowest BCUT2D eigenvalue weighted by Gasteiger charge is -2.37. The lowest BCUT2D eigenvalue weighted by atomic mass is 10.0. The summed E-state index contributed by atoms with van der Waals surface area (Å²) in [6, 6.07) is 9.62. The van der Waals surface area contributed by atoms with E-state index in [2.05, 4.69) is 4.98 Å². The van der Waals surface area contributed by atoms with Gasteiger partial charge in [0.05, 0.1) is 13.7 Å². The van der Waals surface area contributed by atoms with Crippen LogP contribution < -0.4 is 0 Å². The predicted molar refractivity (Wildman–Crippen MR) is 102 cm³/mol. The Bertz CT molecular complexity index is 849. The molecule has 3 heterocycles. The number of carbonyl (C=O) groups excluding carboxylic acids is 2. The Hall–Kier alpha value is -2.83. The second-order valence-corrected chi connectivity index (χ2v) is 7.32. The van der Waals surface area contributed by atoms with Crippen LogP contribution in [0.5, 0.6) is 0 Å². The maximum atomic E-state index is 13.1. The van der Waals surface area contributed by atoms with Crippen LogP contribution in [0.4, 0.5) is 4.79 Å². The number of aromatic nitrogens is 1. The van der Waals surface area contributed by atoms with Gasteiger partial charge >= 0.3 is 6.09 Å². The summed E-state index contributed by atoms with van der Waals surface area (Å²) in [4.78, 5) is 33.1. The summed E-state index contributed by atoms with van der Waals surface area (Å²) in [6.07, 6.45) is 3.37. The molecule has 1 aromatic heterocycles. The maximum Gasteiger partial charge on any atom is 0.410 e. The zero-order valence-corrected chi connectivity index (χ0v) is 16.1. The molecule has 1 atom stereocenters. The summed E-state index contributed by atoms with van der Waals surface area (Å²) in [5.74, 6) is 1.52. The number of ether oxygens (including phenoxy) is 1. The zero-order valence-electron chi connectivity index (χ0n) is 16.1. The van der Waals surface area contributed by atoms with Crippen LogP contribution in [0.2, 0.25) is 0 Å². The van der Waals surface area contributed by atoms with Gasteiger partial charge in [0, 0.05) is 25.9 Å². The molecule has 0 radical (unpaired) electrons. The fourth-order valence-electron chi connectivity index (χ4n) is 4.02. The minimum absolute atomic E-state index is 0.0247. The monoisotopic (exact) mass is 383 g/mol. The molecule has 2 aromatic rings. The normalized spacial score (nSPS) is 19.2. The third-order valence-electron chi connectivity index (χ3n) is 5.48. The van der Waals surface area contributed by atoms with E-state index in [1.807, 2.05) is 30.3 Å². The molecule has 2 amide bonds. The number of hydrogen-bond acceptors (Lipinski definition) is 5. The first-order valence-electron chi connectivity index (χ1n) is 9.80. The Kier molecular flexibility index (Phi) is 5.32. The van der Waals surface area contributed by atoms with Crippen LogP contribution in [-0.4, -0.2) is 53.0 Å². The van der Waals surface area contributed by atoms with Crippen molar-refractivity contribution in [3.05, 3.63) is 53.2 Å². The van der Waals surface area contributed by atoms with Crippen molar-refractivity contribution in [3.63, 3.8) is 0 Å². The lowest BCUT2D eigenvalue weighted by Crippen LogP contribution is -2.53. The van der Waals surface area contributed by atoms with Crippen molar-refractivity contribution in [1.29, 1.82) is 0 Å². The number of hydrogen-bond donors (Lipinski definition) is 0. The van der Waals surface area contributed by atoms with Crippen molar-refractivity contribution in [2.75, 3.05) is 20.2 Å². The summed E-state index contributed by atoms with van der Waals surface area (Å²) in [5, 5.41) is 0. The molecule has 28 heavy (non-hydrogen) atoms. The molecule has 148 valence electrons. The Morgan fingerprint density at radius 3 is 2.82 bits per heavy atom. The summed E-state index contributed by atoms with van der Waals surface area (Å²) in [5.41, 5.74) is 1.97. The first kappa shape index (κ1) is 18.5.